The highest BCUT2D eigenvalue weighted by atomic mass is 16.5. The summed E-state index contributed by atoms with van der Waals surface area (Å²) in [4.78, 5) is 25.7. The van der Waals surface area contributed by atoms with Crippen molar-refractivity contribution in [1.82, 2.24) is 4.57 Å². The summed E-state index contributed by atoms with van der Waals surface area (Å²) < 4.78 is 12.4. The topological polar surface area (TPSA) is 102 Å². The molecule has 2 aromatic rings. The summed E-state index contributed by atoms with van der Waals surface area (Å²) in [5.41, 5.74) is 1.29. The minimum Gasteiger partial charge on any atom is -0.494 e. The number of aromatic nitrogens is 1. The lowest BCUT2D eigenvalue weighted by Gasteiger charge is -2.17. The van der Waals surface area contributed by atoms with Gasteiger partial charge in [0.15, 0.2) is 6.61 Å². The number of Topliss-reactive ketones (excluding diaryl/α,β-unsaturated/α-hetero) is 1. The van der Waals surface area contributed by atoms with E-state index in [4.69, 9.17) is 9.47 Å². The third kappa shape index (κ3) is 5.77. The molecule has 0 bridgehead atoms. The smallest absolute Gasteiger partial charge is 0.271 e. The zero-order valence-electron chi connectivity index (χ0n) is 19.7. The molecule has 1 aromatic carbocycles. The third-order valence-corrected chi connectivity index (χ3v) is 5.21. The normalized spacial score (nSPS) is 11.1. The van der Waals surface area contributed by atoms with Crippen LogP contribution in [0.3, 0.4) is 0 Å². The molecule has 7 nitrogen and oxygen atoms in total. The number of aromatic hydroxyl groups is 1. The fourth-order valence-corrected chi connectivity index (χ4v) is 3.49. The highest BCUT2D eigenvalue weighted by Gasteiger charge is 2.24. The summed E-state index contributed by atoms with van der Waals surface area (Å²) in [6.45, 7) is 11.5. The van der Waals surface area contributed by atoms with Gasteiger partial charge in [-0.25, -0.2) is 0 Å². The van der Waals surface area contributed by atoms with Crippen molar-refractivity contribution >= 4 is 5.78 Å². The van der Waals surface area contributed by atoms with Gasteiger partial charge in [0.1, 0.15) is 17.4 Å². The molecule has 0 aliphatic rings. The Kier molecular flexibility index (Phi) is 8.62. The molecule has 1 aromatic heterocycles. The van der Waals surface area contributed by atoms with E-state index in [0.29, 0.717) is 18.8 Å². The fraction of sp³-hybridized carbons (Fsp3) is 0.480. The fourth-order valence-electron chi connectivity index (χ4n) is 3.49. The molecule has 0 aliphatic carbocycles. The van der Waals surface area contributed by atoms with Crippen molar-refractivity contribution in [3.8, 4) is 17.7 Å². The van der Waals surface area contributed by atoms with E-state index >= 15 is 0 Å². The predicted octanol–water partition coefficient (Wildman–Crippen LogP) is 4.24. The van der Waals surface area contributed by atoms with E-state index in [9.17, 15) is 20.0 Å². The second-order valence-electron chi connectivity index (χ2n) is 8.45. The summed E-state index contributed by atoms with van der Waals surface area (Å²) >= 11 is 0. The molecule has 0 aliphatic heterocycles. The number of ether oxygens (including phenoxy) is 2. The van der Waals surface area contributed by atoms with Gasteiger partial charge in [-0.1, -0.05) is 26.0 Å². The van der Waals surface area contributed by atoms with Crippen LogP contribution in [-0.2, 0) is 11.3 Å². The molecule has 0 radical (unpaired) electrons. The molecule has 0 fully saturated rings. The molecule has 0 saturated carbocycles. The summed E-state index contributed by atoms with van der Waals surface area (Å²) in [6, 6.07) is 7.69. The molecule has 0 spiro atoms. The Hall–Kier alpha value is -3.11. The number of nitrogens with zero attached hydrogens (tertiary/aromatic N) is 2. The molecule has 0 atom stereocenters. The molecule has 0 saturated heterocycles. The lowest BCUT2D eigenvalue weighted by atomic mass is 10.00. The first-order valence-electron chi connectivity index (χ1n) is 10.8. The zero-order chi connectivity index (χ0) is 24.0. The van der Waals surface area contributed by atoms with Crippen LogP contribution in [0.25, 0.3) is 0 Å². The Balaban J connectivity index is 2.35. The van der Waals surface area contributed by atoms with Gasteiger partial charge in [0, 0.05) is 13.2 Å². The first kappa shape index (κ1) is 25.2. The summed E-state index contributed by atoms with van der Waals surface area (Å²) in [7, 11) is 0. The molecular formula is C25H32N2O5. The highest BCUT2D eigenvalue weighted by Crippen LogP contribution is 2.28. The maximum atomic E-state index is 13.0. The Morgan fingerprint density at radius 2 is 1.91 bits per heavy atom. The van der Waals surface area contributed by atoms with Crippen molar-refractivity contribution < 1.29 is 19.4 Å². The minimum atomic E-state index is -0.620. The lowest BCUT2D eigenvalue weighted by molar-refractivity contribution is 0.0743. The first-order valence-corrected chi connectivity index (χ1v) is 10.8. The van der Waals surface area contributed by atoms with Crippen LogP contribution in [-0.4, -0.2) is 34.8 Å². The quantitative estimate of drug-likeness (QED) is 0.438. The Labute approximate surface area is 189 Å². The monoisotopic (exact) mass is 440 g/mol. The van der Waals surface area contributed by atoms with Gasteiger partial charge in [0.05, 0.1) is 11.7 Å². The van der Waals surface area contributed by atoms with Gasteiger partial charge in [-0.3, -0.25) is 14.2 Å². The second-order valence-corrected chi connectivity index (χ2v) is 8.45. The predicted molar refractivity (Wildman–Crippen MR) is 123 cm³/mol. The first-order chi connectivity index (χ1) is 15.1. The molecule has 2 rings (SSSR count). The van der Waals surface area contributed by atoms with E-state index < -0.39 is 17.2 Å². The van der Waals surface area contributed by atoms with Crippen LogP contribution in [0, 0.1) is 25.2 Å². The summed E-state index contributed by atoms with van der Waals surface area (Å²) in [6.07, 6.45) is 0.490. The number of hydrogen-bond acceptors (Lipinski definition) is 6. The molecule has 32 heavy (non-hydrogen) atoms. The SMILES string of the molecule is Cc1ccc(C(C)C)c(OCC(=O)c2c(C)c(C#N)c(=O)n(CCCOC(C)C)c2O)c1. The molecule has 172 valence electrons. The zero-order valence-corrected chi connectivity index (χ0v) is 19.7. The number of nitriles is 1. The minimum absolute atomic E-state index is 0.0413. The van der Waals surface area contributed by atoms with Crippen molar-refractivity contribution in [2.24, 2.45) is 0 Å². The number of carbonyl (C=O) groups excluding carboxylic acids is 1. The summed E-state index contributed by atoms with van der Waals surface area (Å²) in [5.74, 6) is -0.140. The molecule has 7 heteroatoms. The van der Waals surface area contributed by atoms with Crippen LogP contribution in [0.4, 0.5) is 0 Å². The van der Waals surface area contributed by atoms with Gasteiger partial charge < -0.3 is 14.6 Å². The largest absolute Gasteiger partial charge is 0.494 e. The van der Waals surface area contributed by atoms with E-state index in [2.05, 4.69) is 0 Å². The van der Waals surface area contributed by atoms with E-state index in [0.717, 1.165) is 15.7 Å². The van der Waals surface area contributed by atoms with Gasteiger partial charge in [0.25, 0.3) is 5.56 Å². The molecule has 0 amide bonds. The van der Waals surface area contributed by atoms with Gasteiger partial charge in [0.2, 0.25) is 11.7 Å². The standard InChI is InChI=1S/C25H32N2O5/c1-15(2)19-9-8-17(5)12-22(19)32-14-21(28)23-18(6)20(13-26)24(29)27(25(23)30)10-7-11-31-16(3)4/h8-9,12,15-16,30H,7,10-11,14H2,1-6H3. The molecule has 1 N–H and O–H groups in total. The number of ketones is 1. The number of carbonyl (C=O) groups is 1. The van der Waals surface area contributed by atoms with Gasteiger partial charge in [-0.15, -0.1) is 0 Å². The van der Waals surface area contributed by atoms with Crippen molar-refractivity contribution in [1.29, 1.82) is 5.26 Å². The molecule has 0 unspecified atom stereocenters. The van der Waals surface area contributed by atoms with Gasteiger partial charge in [-0.05, 0) is 62.8 Å². The molecular weight excluding hydrogens is 408 g/mol. The Morgan fingerprint density at radius 3 is 2.50 bits per heavy atom. The van der Waals surface area contributed by atoms with Crippen molar-refractivity contribution in [3.63, 3.8) is 0 Å². The lowest BCUT2D eigenvalue weighted by Crippen LogP contribution is -2.28. The van der Waals surface area contributed by atoms with Crippen LogP contribution in [0.2, 0.25) is 0 Å². The van der Waals surface area contributed by atoms with Crippen molar-refractivity contribution in [3.05, 3.63) is 56.4 Å². The van der Waals surface area contributed by atoms with Crippen LogP contribution in [0.1, 0.15) is 72.6 Å². The van der Waals surface area contributed by atoms with E-state index in [1.165, 1.54) is 6.92 Å². The van der Waals surface area contributed by atoms with E-state index in [-0.39, 0.29) is 41.9 Å². The second kappa shape index (κ2) is 11.0. The van der Waals surface area contributed by atoms with Crippen LogP contribution in [0.5, 0.6) is 11.6 Å². The number of hydrogen-bond donors (Lipinski definition) is 1. The number of benzene rings is 1. The van der Waals surface area contributed by atoms with Crippen molar-refractivity contribution in [2.75, 3.05) is 13.2 Å². The molecule has 1 heterocycles. The average Bonchev–Trinajstić information content (AvgIpc) is 2.71. The number of rotatable bonds is 10. The van der Waals surface area contributed by atoms with Crippen LogP contribution >= 0.6 is 0 Å². The van der Waals surface area contributed by atoms with Crippen molar-refractivity contribution in [2.45, 2.75) is 66.5 Å². The van der Waals surface area contributed by atoms with Crippen LogP contribution in [0.15, 0.2) is 23.0 Å². The summed E-state index contributed by atoms with van der Waals surface area (Å²) in [5, 5.41) is 20.3. The van der Waals surface area contributed by atoms with Gasteiger partial charge >= 0.3 is 0 Å². The number of aryl methyl sites for hydroxylation is 1. The Morgan fingerprint density at radius 1 is 1.22 bits per heavy atom. The Bertz CT molecular complexity index is 1080. The average molecular weight is 441 g/mol. The van der Waals surface area contributed by atoms with E-state index in [1.807, 2.05) is 58.9 Å². The van der Waals surface area contributed by atoms with Crippen LogP contribution < -0.4 is 10.3 Å². The maximum absolute atomic E-state index is 13.0. The third-order valence-electron chi connectivity index (χ3n) is 5.21. The highest BCUT2D eigenvalue weighted by molar-refractivity contribution is 6.01. The van der Waals surface area contributed by atoms with E-state index in [1.54, 1.807) is 0 Å². The maximum Gasteiger partial charge on any atom is 0.271 e. The van der Waals surface area contributed by atoms with Gasteiger partial charge in [-0.2, -0.15) is 5.26 Å². The number of pyridine rings is 1.